The summed E-state index contributed by atoms with van der Waals surface area (Å²) in [5.41, 5.74) is 9.44. The first kappa shape index (κ1) is 28.8. The van der Waals surface area contributed by atoms with Gasteiger partial charge in [-0.1, -0.05) is 147 Å². The van der Waals surface area contributed by atoms with Gasteiger partial charge in [0.05, 0.1) is 0 Å². The van der Waals surface area contributed by atoms with Gasteiger partial charge in [0.15, 0.2) is 17.5 Å². The van der Waals surface area contributed by atoms with E-state index in [9.17, 15) is 0 Å². The summed E-state index contributed by atoms with van der Waals surface area (Å²) in [7, 11) is -1.89. The third-order valence-electron chi connectivity index (χ3n) is 10.4. The molecule has 4 nitrogen and oxygen atoms in total. The van der Waals surface area contributed by atoms with E-state index in [-0.39, 0.29) is 0 Å². The highest BCUT2D eigenvalue weighted by atomic mass is 28.3. The summed E-state index contributed by atoms with van der Waals surface area (Å²) in [4.78, 5) is 15.5. The van der Waals surface area contributed by atoms with Crippen LogP contribution >= 0.6 is 0 Å². The zero-order valence-corrected chi connectivity index (χ0v) is 28.7. The van der Waals surface area contributed by atoms with Gasteiger partial charge in [0.2, 0.25) is 0 Å². The Morgan fingerprint density at radius 2 is 1.00 bits per heavy atom. The predicted molar refractivity (Wildman–Crippen MR) is 209 cm³/mol. The first-order chi connectivity index (χ1) is 24.5. The van der Waals surface area contributed by atoms with Crippen LogP contribution in [0.15, 0.2) is 156 Å². The molecule has 0 fully saturated rings. The lowest BCUT2D eigenvalue weighted by atomic mass is 9.97. The molecule has 0 saturated heterocycles. The molecule has 1 aliphatic rings. The minimum Gasteiger partial charge on any atom is -0.456 e. The average molecular weight is 658 g/mol. The number of furan rings is 1. The van der Waals surface area contributed by atoms with Gasteiger partial charge in [0.1, 0.15) is 19.2 Å². The molecule has 1 aliphatic heterocycles. The summed E-state index contributed by atoms with van der Waals surface area (Å²) in [5.74, 6) is 1.93. The number of benzene rings is 7. The Labute approximate surface area is 290 Å². The highest BCUT2D eigenvalue weighted by Crippen LogP contribution is 2.38. The van der Waals surface area contributed by atoms with Gasteiger partial charge >= 0.3 is 0 Å². The molecule has 2 aromatic heterocycles. The second kappa shape index (κ2) is 10.9. The normalized spacial score (nSPS) is 13.2. The van der Waals surface area contributed by atoms with E-state index in [0.717, 1.165) is 44.2 Å². The maximum absolute atomic E-state index is 6.29. The van der Waals surface area contributed by atoms with Crippen LogP contribution in [0.3, 0.4) is 0 Å². The number of hydrogen-bond donors (Lipinski definition) is 0. The second-order valence-corrected chi connectivity index (χ2v) is 17.9. The van der Waals surface area contributed by atoms with Crippen LogP contribution in [0.4, 0.5) is 0 Å². The Kier molecular flexibility index (Phi) is 6.29. The standard InChI is InChI=1S/C45H31N3OSi/c1-50(2)40-19-8-6-15-36(40)42-37(17-10-20-41(42)50)45-47-43(30-23-21-29(22-24-30)33-16-9-12-28-11-3-4-13-32(28)33)46-44(48-45)31-25-26-35-34-14-5-7-18-38(34)49-39(35)27-31/h3-27H,1-2H3. The maximum Gasteiger partial charge on any atom is 0.164 e. The molecule has 0 N–H and O–H groups in total. The van der Waals surface area contributed by atoms with Gasteiger partial charge in [-0.15, -0.1) is 0 Å². The summed E-state index contributed by atoms with van der Waals surface area (Å²) in [6.07, 6.45) is 0. The summed E-state index contributed by atoms with van der Waals surface area (Å²) >= 11 is 0. The Balaban J connectivity index is 1.16. The molecule has 0 bridgehead atoms. The maximum atomic E-state index is 6.29. The van der Waals surface area contributed by atoms with Crippen molar-refractivity contribution < 1.29 is 4.42 Å². The van der Waals surface area contributed by atoms with Gasteiger partial charge in [-0.3, -0.25) is 0 Å². The topological polar surface area (TPSA) is 51.8 Å². The molecule has 0 spiro atoms. The molecule has 0 unspecified atom stereocenters. The van der Waals surface area contributed by atoms with E-state index in [1.165, 1.54) is 37.8 Å². The van der Waals surface area contributed by atoms with Crippen molar-refractivity contribution in [2.45, 2.75) is 13.1 Å². The van der Waals surface area contributed by atoms with Crippen molar-refractivity contribution in [3.63, 3.8) is 0 Å². The largest absolute Gasteiger partial charge is 0.456 e. The zero-order chi connectivity index (χ0) is 33.4. The number of fused-ring (bicyclic) bond motifs is 7. The van der Waals surface area contributed by atoms with Crippen molar-refractivity contribution >= 4 is 51.2 Å². The van der Waals surface area contributed by atoms with Crippen molar-refractivity contribution in [1.82, 2.24) is 15.0 Å². The summed E-state index contributed by atoms with van der Waals surface area (Å²) in [6.45, 7) is 4.87. The SMILES string of the molecule is C[Si]1(C)c2ccccc2-c2c(-c3nc(-c4ccc(-c5cccc6ccccc56)cc4)nc(-c4ccc5c(c4)oc4ccccc45)n3)cccc21. The lowest BCUT2D eigenvalue weighted by Gasteiger charge is -2.18. The van der Waals surface area contributed by atoms with Crippen LogP contribution in [-0.2, 0) is 0 Å². The van der Waals surface area contributed by atoms with Crippen LogP contribution in [0.2, 0.25) is 13.1 Å². The van der Waals surface area contributed by atoms with Gasteiger partial charge < -0.3 is 4.42 Å². The lowest BCUT2D eigenvalue weighted by molar-refractivity contribution is 0.669. The summed E-state index contributed by atoms with van der Waals surface area (Å²) < 4.78 is 6.29. The van der Waals surface area contributed by atoms with E-state index in [2.05, 4.69) is 147 Å². The number of para-hydroxylation sites is 1. The van der Waals surface area contributed by atoms with Gasteiger partial charge in [-0.2, -0.15) is 0 Å². The molecule has 10 rings (SSSR count). The van der Waals surface area contributed by atoms with Crippen LogP contribution in [0.5, 0.6) is 0 Å². The monoisotopic (exact) mass is 657 g/mol. The second-order valence-electron chi connectivity index (χ2n) is 13.6. The molecule has 7 aromatic carbocycles. The summed E-state index contributed by atoms with van der Waals surface area (Å²) in [5, 5.41) is 7.51. The van der Waals surface area contributed by atoms with Gasteiger partial charge in [-0.25, -0.2) is 15.0 Å². The first-order valence-corrected chi connectivity index (χ1v) is 20.0. The Bertz CT molecular complexity index is 2790. The highest BCUT2D eigenvalue weighted by Gasteiger charge is 2.38. The smallest absolute Gasteiger partial charge is 0.164 e. The van der Waals surface area contributed by atoms with Crippen LogP contribution in [-0.4, -0.2) is 23.0 Å². The molecule has 9 aromatic rings. The van der Waals surface area contributed by atoms with Crippen molar-refractivity contribution in [3.8, 4) is 56.4 Å². The quantitative estimate of drug-likeness (QED) is 0.177. The van der Waals surface area contributed by atoms with E-state index < -0.39 is 8.07 Å². The van der Waals surface area contributed by atoms with Crippen molar-refractivity contribution in [1.29, 1.82) is 0 Å². The summed E-state index contributed by atoms with van der Waals surface area (Å²) in [6, 6.07) is 53.5. The molecule has 0 aliphatic carbocycles. The molecule has 5 heteroatoms. The molecule has 0 atom stereocenters. The Morgan fingerprint density at radius 1 is 0.420 bits per heavy atom. The van der Waals surface area contributed by atoms with Gasteiger partial charge in [0, 0.05) is 27.5 Å². The predicted octanol–water partition coefficient (Wildman–Crippen LogP) is 10.4. The number of hydrogen-bond acceptors (Lipinski definition) is 4. The van der Waals surface area contributed by atoms with Gasteiger partial charge in [0.25, 0.3) is 0 Å². The number of nitrogens with zero attached hydrogens (tertiary/aromatic N) is 3. The Morgan fingerprint density at radius 3 is 1.88 bits per heavy atom. The fourth-order valence-electron chi connectivity index (χ4n) is 7.84. The minimum atomic E-state index is -1.89. The molecule has 50 heavy (non-hydrogen) atoms. The van der Waals surface area contributed by atoms with E-state index in [1.807, 2.05) is 18.2 Å². The first-order valence-electron chi connectivity index (χ1n) is 17.0. The molecular weight excluding hydrogens is 627 g/mol. The fourth-order valence-corrected chi connectivity index (χ4v) is 10.9. The van der Waals surface area contributed by atoms with E-state index in [4.69, 9.17) is 19.4 Å². The van der Waals surface area contributed by atoms with Crippen molar-refractivity contribution in [3.05, 3.63) is 152 Å². The molecule has 0 radical (unpaired) electrons. The molecule has 0 saturated carbocycles. The van der Waals surface area contributed by atoms with Crippen LogP contribution in [0.1, 0.15) is 0 Å². The third kappa shape index (κ3) is 4.40. The van der Waals surface area contributed by atoms with Crippen LogP contribution in [0, 0.1) is 0 Å². The van der Waals surface area contributed by atoms with E-state index in [1.54, 1.807) is 0 Å². The minimum absolute atomic E-state index is 0.617. The van der Waals surface area contributed by atoms with Crippen molar-refractivity contribution in [2.24, 2.45) is 0 Å². The van der Waals surface area contributed by atoms with Crippen LogP contribution in [0.25, 0.3) is 89.1 Å². The molecule has 236 valence electrons. The average Bonchev–Trinajstić information content (AvgIpc) is 3.66. The molecule has 3 heterocycles. The molecular formula is C45H31N3OSi. The van der Waals surface area contributed by atoms with Gasteiger partial charge in [-0.05, 0) is 61.6 Å². The van der Waals surface area contributed by atoms with E-state index >= 15 is 0 Å². The number of aromatic nitrogens is 3. The molecule has 0 amide bonds. The number of rotatable bonds is 4. The fraction of sp³-hybridized carbons (Fsp3) is 0.0444. The lowest BCUT2D eigenvalue weighted by Crippen LogP contribution is -2.49. The Hall–Kier alpha value is -6.17. The van der Waals surface area contributed by atoms with Crippen LogP contribution < -0.4 is 10.4 Å². The highest BCUT2D eigenvalue weighted by molar-refractivity contribution is 7.04. The third-order valence-corrected chi connectivity index (χ3v) is 13.9. The van der Waals surface area contributed by atoms with E-state index in [0.29, 0.717) is 17.5 Å². The zero-order valence-electron chi connectivity index (χ0n) is 27.7. The van der Waals surface area contributed by atoms with Crippen molar-refractivity contribution in [2.75, 3.05) is 0 Å².